The summed E-state index contributed by atoms with van der Waals surface area (Å²) in [5.41, 5.74) is 2.05. The number of ether oxygens (including phenoxy) is 1. The number of rotatable bonds is 4. The van der Waals surface area contributed by atoms with Crippen LogP contribution < -0.4 is 5.32 Å². The molecule has 1 aromatic heterocycles. The first-order chi connectivity index (χ1) is 9.51. The van der Waals surface area contributed by atoms with Crippen molar-refractivity contribution in [2.45, 2.75) is 13.8 Å². The third-order valence-corrected chi connectivity index (χ3v) is 3.70. The van der Waals surface area contributed by atoms with Crippen molar-refractivity contribution in [2.75, 3.05) is 12.4 Å². The molecule has 0 saturated heterocycles. The van der Waals surface area contributed by atoms with Crippen LogP contribution in [-0.4, -0.2) is 23.8 Å². The second-order valence-electron chi connectivity index (χ2n) is 4.24. The van der Waals surface area contributed by atoms with Crippen LogP contribution in [0.4, 0.5) is 10.8 Å². The van der Waals surface area contributed by atoms with Gasteiger partial charge in [0.25, 0.3) is 0 Å². The number of benzene rings is 1. The zero-order valence-electron chi connectivity index (χ0n) is 11.4. The Morgan fingerprint density at radius 2 is 1.90 bits per heavy atom. The van der Waals surface area contributed by atoms with Crippen LogP contribution in [0.2, 0.25) is 0 Å². The number of nitrogens with one attached hydrogen (secondary N) is 1. The van der Waals surface area contributed by atoms with Gasteiger partial charge in [-0.25, -0.2) is 9.78 Å². The number of ketones is 1. The van der Waals surface area contributed by atoms with Crippen LogP contribution in [0.25, 0.3) is 0 Å². The first-order valence-electron chi connectivity index (χ1n) is 5.95. The number of thiazole rings is 1. The van der Waals surface area contributed by atoms with Gasteiger partial charge in [0, 0.05) is 12.6 Å². The molecule has 0 radical (unpaired) electrons. The summed E-state index contributed by atoms with van der Waals surface area (Å²) < 4.78 is 4.63. The number of Topliss-reactive ketones (excluding diaryl/α,β-unsaturated/α-hetero) is 1. The minimum absolute atomic E-state index is 0.0552. The van der Waals surface area contributed by atoms with Crippen molar-refractivity contribution in [1.29, 1.82) is 0 Å². The third-order valence-electron chi connectivity index (χ3n) is 2.63. The van der Waals surface area contributed by atoms with Gasteiger partial charge in [0.15, 0.2) is 16.6 Å². The van der Waals surface area contributed by atoms with Crippen LogP contribution >= 0.6 is 11.3 Å². The molecular weight excluding hydrogens is 276 g/mol. The summed E-state index contributed by atoms with van der Waals surface area (Å²) in [5, 5.41) is 3.56. The number of esters is 1. The molecule has 0 bridgehead atoms. The third kappa shape index (κ3) is 3.03. The van der Waals surface area contributed by atoms with Crippen molar-refractivity contribution < 1.29 is 14.3 Å². The maximum Gasteiger partial charge on any atom is 0.358 e. The highest BCUT2D eigenvalue weighted by Crippen LogP contribution is 2.27. The molecule has 0 saturated carbocycles. The highest BCUT2D eigenvalue weighted by atomic mass is 32.1. The van der Waals surface area contributed by atoms with Crippen LogP contribution in [0, 0.1) is 6.92 Å². The Kier molecular flexibility index (Phi) is 4.14. The summed E-state index contributed by atoms with van der Waals surface area (Å²) >= 11 is 1.14. The summed E-state index contributed by atoms with van der Waals surface area (Å²) in [7, 11) is 1.26. The van der Waals surface area contributed by atoms with E-state index in [1.807, 2.05) is 31.2 Å². The van der Waals surface area contributed by atoms with Gasteiger partial charge in [-0.05, 0) is 19.1 Å². The van der Waals surface area contributed by atoms with Gasteiger partial charge in [-0.3, -0.25) is 4.79 Å². The molecule has 0 aliphatic carbocycles. The lowest BCUT2D eigenvalue weighted by Crippen LogP contribution is -2.07. The Labute approximate surface area is 120 Å². The van der Waals surface area contributed by atoms with Crippen molar-refractivity contribution in [3.05, 3.63) is 40.4 Å². The fourth-order valence-corrected chi connectivity index (χ4v) is 2.48. The first-order valence-corrected chi connectivity index (χ1v) is 6.76. The maximum atomic E-state index is 11.6. The quantitative estimate of drug-likeness (QED) is 0.692. The van der Waals surface area contributed by atoms with Gasteiger partial charge in [-0.15, -0.1) is 0 Å². The van der Waals surface area contributed by atoms with Crippen LogP contribution in [0.1, 0.15) is 32.6 Å². The molecule has 104 valence electrons. The molecule has 0 amide bonds. The molecule has 6 heteroatoms. The number of carbonyl (C=O) groups is 2. The Balaban J connectivity index is 2.31. The normalized spacial score (nSPS) is 10.2. The predicted octanol–water partition coefficient (Wildman–Crippen LogP) is 3.18. The first kappa shape index (κ1) is 14.2. The van der Waals surface area contributed by atoms with Crippen molar-refractivity contribution in [2.24, 2.45) is 0 Å². The van der Waals surface area contributed by atoms with E-state index in [2.05, 4.69) is 15.0 Å². The average molecular weight is 290 g/mol. The van der Waals surface area contributed by atoms with Crippen molar-refractivity contribution in [3.8, 4) is 0 Å². The molecule has 20 heavy (non-hydrogen) atoms. The standard InChI is InChI=1S/C14H14N2O3S/c1-8-4-6-10(7-5-8)15-14-16-11(13(18)19-3)12(20-14)9(2)17/h4-7H,1-3H3,(H,15,16). The van der Waals surface area contributed by atoms with Crippen LogP contribution in [-0.2, 0) is 4.74 Å². The molecule has 1 aromatic carbocycles. The summed E-state index contributed by atoms with van der Waals surface area (Å²) in [6, 6.07) is 7.73. The van der Waals surface area contributed by atoms with Gasteiger partial charge in [0.1, 0.15) is 4.88 Å². The van der Waals surface area contributed by atoms with E-state index in [4.69, 9.17) is 0 Å². The van der Waals surface area contributed by atoms with Gasteiger partial charge in [0.05, 0.1) is 7.11 Å². The smallest absolute Gasteiger partial charge is 0.358 e. The Morgan fingerprint density at radius 1 is 1.25 bits per heavy atom. The number of aromatic nitrogens is 1. The zero-order valence-corrected chi connectivity index (χ0v) is 12.2. The number of hydrogen-bond donors (Lipinski definition) is 1. The Morgan fingerprint density at radius 3 is 2.45 bits per heavy atom. The maximum absolute atomic E-state index is 11.6. The largest absolute Gasteiger partial charge is 0.464 e. The lowest BCUT2D eigenvalue weighted by molar-refractivity contribution is 0.0591. The van der Waals surface area contributed by atoms with E-state index in [9.17, 15) is 9.59 Å². The van der Waals surface area contributed by atoms with E-state index in [1.54, 1.807) is 0 Å². The Bertz CT molecular complexity index is 647. The summed E-state index contributed by atoms with van der Waals surface area (Å²) in [6.07, 6.45) is 0. The van der Waals surface area contributed by atoms with Crippen LogP contribution in [0.5, 0.6) is 0 Å². The molecule has 0 fully saturated rings. The highest BCUT2D eigenvalue weighted by Gasteiger charge is 2.21. The van der Waals surface area contributed by atoms with E-state index < -0.39 is 5.97 Å². The van der Waals surface area contributed by atoms with E-state index in [0.29, 0.717) is 10.0 Å². The van der Waals surface area contributed by atoms with Crippen molar-refractivity contribution in [1.82, 2.24) is 4.98 Å². The lowest BCUT2D eigenvalue weighted by atomic mass is 10.2. The predicted molar refractivity (Wildman–Crippen MR) is 77.9 cm³/mol. The minimum atomic E-state index is -0.608. The number of anilines is 2. The molecule has 0 aliphatic rings. The minimum Gasteiger partial charge on any atom is -0.464 e. The zero-order chi connectivity index (χ0) is 14.7. The topological polar surface area (TPSA) is 68.3 Å². The average Bonchev–Trinajstić information content (AvgIpc) is 2.84. The highest BCUT2D eigenvalue weighted by molar-refractivity contribution is 7.17. The van der Waals surface area contributed by atoms with Crippen molar-refractivity contribution >= 4 is 33.9 Å². The number of hydrogen-bond acceptors (Lipinski definition) is 6. The fraction of sp³-hybridized carbons (Fsp3) is 0.214. The molecule has 2 rings (SSSR count). The van der Waals surface area contributed by atoms with E-state index in [-0.39, 0.29) is 11.5 Å². The molecule has 1 heterocycles. The molecule has 5 nitrogen and oxygen atoms in total. The number of methoxy groups -OCH3 is 1. The van der Waals surface area contributed by atoms with Gasteiger partial charge in [-0.2, -0.15) is 0 Å². The molecule has 2 aromatic rings. The number of nitrogens with zero attached hydrogens (tertiary/aromatic N) is 1. The molecule has 0 atom stereocenters. The molecule has 0 spiro atoms. The van der Waals surface area contributed by atoms with E-state index >= 15 is 0 Å². The van der Waals surface area contributed by atoms with E-state index in [1.165, 1.54) is 14.0 Å². The summed E-state index contributed by atoms with van der Waals surface area (Å²) in [6.45, 7) is 3.39. The van der Waals surface area contributed by atoms with Gasteiger partial charge in [0.2, 0.25) is 0 Å². The van der Waals surface area contributed by atoms with Gasteiger partial charge in [-0.1, -0.05) is 29.0 Å². The second kappa shape index (κ2) is 5.83. The lowest BCUT2D eigenvalue weighted by Gasteiger charge is -2.02. The molecular formula is C14H14N2O3S. The van der Waals surface area contributed by atoms with Crippen molar-refractivity contribution in [3.63, 3.8) is 0 Å². The summed E-state index contributed by atoms with van der Waals surface area (Å²) in [5.74, 6) is -0.816. The monoisotopic (exact) mass is 290 g/mol. The number of aryl methyl sites for hydroxylation is 1. The molecule has 0 aliphatic heterocycles. The fourth-order valence-electron chi connectivity index (χ4n) is 1.61. The second-order valence-corrected chi connectivity index (χ2v) is 5.23. The van der Waals surface area contributed by atoms with Gasteiger partial charge >= 0.3 is 5.97 Å². The SMILES string of the molecule is COC(=O)c1nc(Nc2ccc(C)cc2)sc1C(C)=O. The van der Waals surface area contributed by atoms with Gasteiger partial charge < -0.3 is 10.1 Å². The molecule has 0 unspecified atom stereocenters. The van der Waals surface area contributed by atoms with E-state index in [0.717, 1.165) is 22.6 Å². The number of carbonyl (C=O) groups excluding carboxylic acids is 2. The van der Waals surface area contributed by atoms with Crippen LogP contribution in [0.3, 0.4) is 0 Å². The molecule has 1 N–H and O–H groups in total. The Hall–Kier alpha value is -2.21. The summed E-state index contributed by atoms with van der Waals surface area (Å²) in [4.78, 5) is 27.6. The van der Waals surface area contributed by atoms with Crippen LogP contribution in [0.15, 0.2) is 24.3 Å².